The first kappa shape index (κ1) is 12.8. The molecule has 92 valence electrons. The fourth-order valence-corrected chi connectivity index (χ4v) is 2.52. The van der Waals surface area contributed by atoms with Crippen molar-refractivity contribution in [3.05, 3.63) is 33.4 Å². The molecule has 0 spiro atoms. The van der Waals surface area contributed by atoms with Gasteiger partial charge in [-0.2, -0.15) is 0 Å². The molecule has 2 rings (SSSR count). The predicted octanol–water partition coefficient (Wildman–Crippen LogP) is 2.27. The number of rotatable bonds is 2. The first-order valence-electron chi connectivity index (χ1n) is 5.26. The van der Waals surface area contributed by atoms with E-state index in [1.165, 1.54) is 7.11 Å². The van der Waals surface area contributed by atoms with Crippen molar-refractivity contribution in [3.63, 3.8) is 0 Å². The molecule has 1 aliphatic rings. The minimum Gasteiger partial charge on any atom is -0.467 e. The molecule has 0 saturated carbocycles. The van der Waals surface area contributed by atoms with Gasteiger partial charge in [-0.3, -0.25) is 0 Å². The quantitative estimate of drug-likeness (QED) is 0.608. The lowest BCUT2D eigenvalue weighted by molar-refractivity contribution is -0.153. The van der Waals surface area contributed by atoms with Crippen LogP contribution in [0, 0.1) is 3.57 Å². The maximum atomic E-state index is 11.6. The van der Waals surface area contributed by atoms with Crippen LogP contribution in [0.25, 0.3) is 0 Å². The lowest BCUT2D eigenvalue weighted by atomic mass is 10.0. The van der Waals surface area contributed by atoms with Crippen molar-refractivity contribution in [1.82, 2.24) is 0 Å². The zero-order chi connectivity index (χ0) is 12.4. The maximum Gasteiger partial charge on any atom is 0.338 e. The summed E-state index contributed by atoms with van der Waals surface area (Å²) in [4.78, 5) is 11.6. The van der Waals surface area contributed by atoms with Gasteiger partial charge in [0.05, 0.1) is 7.11 Å². The Morgan fingerprint density at radius 1 is 1.35 bits per heavy atom. The van der Waals surface area contributed by atoms with Crippen LogP contribution in [0.3, 0.4) is 0 Å². The van der Waals surface area contributed by atoms with Gasteiger partial charge in [-0.15, -0.1) is 0 Å². The van der Waals surface area contributed by atoms with Gasteiger partial charge in [-0.25, -0.2) is 4.79 Å². The third-order valence-corrected chi connectivity index (χ3v) is 3.58. The van der Waals surface area contributed by atoms with Gasteiger partial charge >= 0.3 is 5.97 Å². The van der Waals surface area contributed by atoms with Crippen LogP contribution in [0.2, 0.25) is 0 Å². The predicted molar refractivity (Wildman–Crippen MR) is 69.3 cm³/mol. The Kier molecular flexibility index (Phi) is 4.01. The summed E-state index contributed by atoms with van der Waals surface area (Å²) in [6.07, 6.45) is -1.49. The molecule has 3 atom stereocenters. The summed E-state index contributed by atoms with van der Waals surface area (Å²) < 4.78 is 16.8. The van der Waals surface area contributed by atoms with E-state index in [2.05, 4.69) is 22.6 Å². The lowest BCUT2D eigenvalue weighted by Crippen LogP contribution is -2.27. The van der Waals surface area contributed by atoms with Gasteiger partial charge in [0.15, 0.2) is 12.4 Å². The van der Waals surface area contributed by atoms with E-state index in [0.717, 1.165) is 9.13 Å². The van der Waals surface area contributed by atoms with Crippen molar-refractivity contribution in [2.45, 2.75) is 25.4 Å². The number of esters is 1. The lowest BCUT2D eigenvalue weighted by Gasteiger charge is -2.16. The van der Waals surface area contributed by atoms with Gasteiger partial charge in [0, 0.05) is 3.57 Å². The fraction of sp³-hybridized carbons (Fsp3) is 0.417. The minimum atomic E-state index is -0.689. The van der Waals surface area contributed by atoms with Crippen LogP contribution >= 0.6 is 22.6 Å². The van der Waals surface area contributed by atoms with Crippen LogP contribution in [0.15, 0.2) is 24.3 Å². The van der Waals surface area contributed by atoms with Gasteiger partial charge in [-0.05, 0) is 41.1 Å². The normalized spacial score (nSPS) is 28.1. The third-order valence-electron chi connectivity index (χ3n) is 2.60. The summed E-state index contributed by atoms with van der Waals surface area (Å²) in [6, 6.07) is 7.76. The minimum absolute atomic E-state index is 0.398. The monoisotopic (exact) mass is 348 g/mol. The second kappa shape index (κ2) is 5.32. The van der Waals surface area contributed by atoms with E-state index in [0.29, 0.717) is 0 Å². The van der Waals surface area contributed by atoms with Crippen molar-refractivity contribution < 1.29 is 19.0 Å². The Bertz CT molecular complexity index is 421. The highest BCUT2D eigenvalue weighted by Gasteiger charge is 2.41. The van der Waals surface area contributed by atoms with Crippen LogP contribution in [0.4, 0.5) is 0 Å². The van der Waals surface area contributed by atoms with Crippen LogP contribution in [-0.2, 0) is 19.0 Å². The molecule has 1 aromatic carbocycles. The number of benzene rings is 1. The van der Waals surface area contributed by atoms with Gasteiger partial charge in [0.25, 0.3) is 0 Å². The molecule has 0 aromatic heterocycles. The SMILES string of the molecule is COC(=O)[C@@H]1O[C@H](C)O[C@@H]1c1ccccc1I. The summed E-state index contributed by atoms with van der Waals surface area (Å²) in [5.74, 6) is -0.404. The second-order valence-corrected chi connectivity index (χ2v) is 4.89. The molecular formula is C12H13IO4. The fourth-order valence-electron chi connectivity index (χ4n) is 1.83. The molecule has 0 amide bonds. The zero-order valence-corrected chi connectivity index (χ0v) is 11.7. The number of carbonyl (C=O) groups excluding carboxylic acids is 1. The smallest absolute Gasteiger partial charge is 0.338 e. The molecule has 0 radical (unpaired) electrons. The Hall–Kier alpha value is -0.660. The molecule has 1 heterocycles. The van der Waals surface area contributed by atoms with Gasteiger partial charge < -0.3 is 14.2 Å². The summed E-state index contributed by atoms with van der Waals surface area (Å²) in [5, 5.41) is 0. The van der Waals surface area contributed by atoms with E-state index in [1.807, 2.05) is 24.3 Å². The number of carbonyl (C=O) groups is 1. The molecule has 0 N–H and O–H groups in total. The van der Waals surface area contributed by atoms with Crippen LogP contribution in [-0.4, -0.2) is 25.5 Å². The summed E-state index contributed by atoms with van der Waals surface area (Å²) in [6.45, 7) is 1.77. The molecule has 4 nitrogen and oxygen atoms in total. The van der Waals surface area contributed by atoms with E-state index in [4.69, 9.17) is 14.2 Å². The molecule has 1 saturated heterocycles. The highest BCUT2D eigenvalue weighted by molar-refractivity contribution is 14.1. The molecule has 17 heavy (non-hydrogen) atoms. The molecule has 1 aliphatic heterocycles. The molecule has 0 unspecified atom stereocenters. The highest BCUT2D eigenvalue weighted by atomic mass is 127. The van der Waals surface area contributed by atoms with Crippen LogP contribution in [0.1, 0.15) is 18.6 Å². The van der Waals surface area contributed by atoms with Gasteiger partial charge in [-0.1, -0.05) is 18.2 Å². The number of methoxy groups -OCH3 is 1. The number of halogens is 1. The summed E-state index contributed by atoms with van der Waals surface area (Å²) in [7, 11) is 1.35. The van der Waals surface area contributed by atoms with Crippen LogP contribution in [0.5, 0.6) is 0 Å². The summed E-state index contributed by atoms with van der Waals surface area (Å²) >= 11 is 2.21. The second-order valence-electron chi connectivity index (χ2n) is 3.73. The third kappa shape index (κ3) is 2.61. The molecule has 1 aromatic rings. The standard InChI is InChI=1S/C12H13IO4/c1-7-16-10(11(17-7)12(14)15-2)8-5-3-4-6-9(8)13/h3-7,10-11H,1-2H3/t7-,10-,11-/m1/s1. The van der Waals surface area contributed by atoms with Crippen molar-refractivity contribution in [1.29, 1.82) is 0 Å². The van der Waals surface area contributed by atoms with E-state index in [-0.39, 0.29) is 0 Å². The topological polar surface area (TPSA) is 44.8 Å². The first-order chi connectivity index (χ1) is 8.13. The van der Waals surface area contributed by atoms with Crippen molar-refractivity contribution in [3.8, 4) is 0 Å². The Balaban J connectivity index is 2.30. The number of hydrogen-bond donors (Lipinski definition) is 0. The van der Waals surface area contributed by atoms with Gasteiger partial charge in [0.2, 0.25) is 0 Å². The first-order valence-corrected chi connectivity index (χ1v) is 6.34. The summed E-state index contributed by atoms with van der Waals surface area (Å²) in [5.41, 5.74) is 0.952. The van der Waals surface area contributed by atoms with Crippen LogP contribution < -0.4 is 0 Å². The van der Waals surface area contributed by atoms with Crippen molar-refractivity contribution in [2.24, 2.45) is 0 Å². The van der Waals surface area contributed by atoms with E-state index in [9.17, 15) is 4.79 Å². The van der Waals surface area contributed by atoms with Crippen molar-refractivity contribution in [2.75, 3.05) is 7.11 Å². The number of ether oxygens (including phenoxy) is 3. The zero-order valence-electron chi connectivity index (χ0n) is 9.55. The molecule has 0 bridgehead atoms. The largest absolute Gasteiger partial charge is 0.467 e. The molecule has 0 aliphatic carbocycles. The molecule has 5 heteroatoms. The number of hydrogen-bond acceptors (Lipinski definition) is 4. The maximum absolute atomic E-state index is 11.6. The van der Waals surface area contributed by atoms with Gasteiger partial charge in [0.1, 0.15) is 6.10 Å². The Labute approximate surface area is 113 Å². The molecular weight excluding hydrogens is 335 g/mol. The van der Waals surface area contributed by atoms with E-state index >= 15 is 0 Å². The average Bonchev–Trinajstić information content (AvgIpc) is 2.71. The van der Waals surface area contributed by atoms with Crippen molar-refractivity contribution >= 4 is 28.6 Å². The molecule has 1 fully saturated rings. The highest BCUT2D eigenvalue weighted by Crippen LogP contribution is 2.35. The van der Waals surface area contributed by atoms with E-state index < -0.39 is 24.5 Å². The average molecular weight is 348 g/mol. The Morgan fingerprint density at radius 3 is 2.71 bits per heavy atom. The Morgan fingerprint density at radius 2 is 2.06 bits per heavy atom. The van der Waals surface area contributed by atoms with E-state index in [1.54, 1.807) is 6.92 Å².